The highest BCUT2D eigenvalue weighted by molar-refractivity contribution is 7.13. The van der Waals surface area contributed by atoms with Gasteiger partial charge in [0.15, 0.2) is 0 Å². The van der Waals surface area contributed by atoms with Crippen molar-refractivity contribution in [3.05, 3.63) is 41.4 Å². The molecule has 0 saturated carbocycles. The fourth-order valence-electron chi connectivity index (χ4n) is 2.77. The van der Waals surface area contributed by atoms with Crippen LogP contribution in [-0.2, 0) is 16.0 Å². The van der Waals surface area contributed by atoms with Crippen molar-refractivity contribution in [2.45, 2.75) is 25.7 Å². The van der Waals surface area contributed by atoms with Crippen molar-refractivity contribution in [3.63, 3.8) is 0 Å². The number of hydrogen-bond donors (Lipinski definition) is 1. The molecule has 24 heavy (non-hydrogen) atoms. The zero-order chi connectivity index (χ0) is 16.8. The van der Waals surface area contributed by atoms with Crippen LogP contribution in [0, 0.1) is 0 Å². The summed E-state index contributed by atoms with van der Waals surface area (Å²) in [7, 11) is 0. The number of aromatic nitrogens is 1. The van der Waals surface area contributed by atoms with Gasteiger partial charge in [-0.3, -0.25) is 9.59 Å². The Bertz CT molecular complexity index is 699. The van der Waals surface area contributed by atoms with E-state index in [0.29, 0.717) is 19.4 Å². The number of hydrogen-bond acceptors (Lipinski definition) is 4. The van der Waals surface area contributed by atoms with Gasteiger partial charge in [0.25, 0.3) is 0 Å². The number of nitrogens with one attached hydrogen (secondary N) is 1. The Morgan fingerprint density at radius 3 is 2.88 bits per heavy atom. The third-order valence-corrected chi connectivity index (χ3v) is 4.95. The molecule has 1 aromatic carbocycles. The Balaban J connectivity index is 1.41. The van der Waals surface area contributed by atoms with E-state index >= 15 is 0 Å². The van der Waals surface area contributed by atoms with Gasteiger partial charge in [0, 0.05) is 37.0 Å². The van der Waals surface area contributed by atoms with Crippen molar-refractivity contribution < 1.29 is 9.59 Å². The predicted molar refractivity (Wildman–Crippen MR) is 94.7 cm³/mol. The van der Waals surface area contributed by atoms with Gasteiger partial charge >= 0.3 is 0 Å². The van der Waals surface area contributed by atoms with Gasteiger partial charge in [-0.05, 0) is 12.8 Å². The minimum atomic E-state index is -0.0207. The minimum Gasteiger partial charge on any atom is -0.356 e. The highest BCUT2D eigenvalue weighted by Crippen LogP contribution is 2.23. The van der Waals surface area contributed by atoms with Crippen molar-refractivity contribution in [2.24, 2.45) is 0 Å². The Labute approximate surface area is 145 Å². The summed E-state index contributed by atoms with van der Waals surface area (Å²) in [5.41, 5.74) is 1.87. The Kier molecular flexibility index (Phi) is 5.59. The minimum absolute atomic E-state index is 0.0207. The highest BCUT2D eigenvalue weighted by Gasteiger charge is 2.19. The van der Waals surface area contributed by atoms with Crippen molar-refractivity contribution >= 4 is 23.2 Å². The number of amides is 2. The monoisotopic (exact) mass is 343 g/mol. The lowest BCUT2D eigenvalue weighted by atomic mass is 10.2. The summed E-state index contributed by atoms with van der Waals surface area (Å²) >= 11 is 1.55. The number of carbonyl (C=O) groups excluding carboxylic acids is 2. The summed E-state index contributed by atoms with van der Waals surface area (Å²) in [6, 6.07) is 9.97. The van der Waals surface area contributed by atoms with Crippen LogP contribution in [-0.4, -0.2) is 41.3 Å². The third kappa shape index (κ3) is 4.41. The van der Waals surface area contributed by atoms with Crippen LogP contribution < -0.4 is 5.32 Å². The standard InChI is InChI=1S/C18H21N3O2S/c22-16(19-9-5-11-21-10-4-8-17(21)23)12-15-13-24-18(20-15)14-6-2-1-3-7-14/h1-3,6-7,13H,4-5,8-12H2,(H,19,22). The van der Waals surface area contributed by atoms with E-state index in [4.69, 9.17) is 0 Å². The molecule has 1 aliphatic heterocycles. The van der Waals surface area contributed by atoms with Crippen molar-refractivity contribution in [1.82, 2.24) is 15.2 Å². The molecule has 1 N–H and O–H groups in total. The second-order valence-corrected chi connectivity index (χ2v) is 6.73. The molecule has 0 spiro atoms. The quantitative estimate of drug-likeness (QED) is 0.786. The maximum absolute atomic E-state index is 12.0. The van der Waals surface area contributed by atoms with E-state index < -0.39 is 0 Å². The van der Waals surface area contributed by atoms with E-state index in [1.807, 2.05) is 40.6 Å². The summed E-state index contributed by atoms with van der Waals surface area (Å²) in [4.78, 5) is 29.9. The van der Waals surface area contributed by atoms with Crippen LogP contribution in [0.15, 0.2) is 35.7 Å². The molecule has 0 aliphatic carbocycles. The van der Waals surface area contributed by atoms with Gasteiger partial charge in [0.05, 0.1) is 12.1 Å². The summed E-state index contributed by atoms with van der Waals surface area (Å²) < 4.78 is 0. The zero-order valence-electron chi connectivity index (χ0n) is 13.5. The van der Waals surface area contributed by atoms with Gasteiger partial charge in [0.2, 0.25) is 11.8 Å². The van der Waals surface area contributed by atoms with Crippen LogP contribution in [0.3, 0.4) is 0 Å². The molecule has 0 unspecified atom stereocenters. The fourth-order valence-corrected chi connectivity index (χ4v) is 3.59. The molecule has 2 aromatic rings. The van der Waals surface area contributed by atoms with E-state index in [-0.39, 0.29) is 11.8 Å². The Morgan fingerprint density at radius 1 is 1.29 bits per heavy atom. The fraction of sp³-hybridized carbons (Fsp3) is 0.389. The van der Waals surface area contributed by atoms with Crippen molar-refractivity contribution in [2.75, 3.05) is 19.6 Å². The van der Waals surface area contributed by atoms with Crippen molar-refractivity contribution in [1.29, 1.82) is 0 Å². The van der Waals surface area contributed by atoms with Crippen LogP contribution in [0.5, 0.6) is 0 Å². The second kappa shape index (κ2) is 8.06. The first-order valence-electron chi connectivity index (χ1n) is 8.26. The van der Waals surface area contributed by atoms with Gasteiger partial charge in [-0.1, -0.05) is 30.3 Å². The van der Waals surface area contributed by atoms with Gasteiger partial charge in [-0.25, -0.2) is 4.98 Å². The topological polar surface area (TPSA) is 62.3 Å². The lowest BCUT2D eigenvalue weighted by Gasteiger charge is -2.15. The molecule has 0 atom stereocenters. The van der Waals surface area contributed by atoms with Crippen molar-refractivity contribution in [3.8, 4) is 10.6 Å². The molecule has 0 radical (unpaired) electrons. The molecule has 1 fully saturated rings. The highest BCUT2D eigenvalue weighted by atomic mass is 32.1. The van der Waals surface area contributed by atoms with Gasteiger partial charge in [-0.15, -0.1) is 11.3 Å². The maximum atomic E-state index is 12.0. The van der Waals surface area contributed by atoms with E-state index in [1.54, 1.807) is 11.3 Å². The Hall–Kier alpha value is -2.21. The van der Waals surface area contributed by atoms with Gasteiger partial charge in [0.1, 0.15) is 5.01 Å². The van der Waals surface area contributed by atoms with Gasteiger partial charge in [-0.2, -0.15) is 0 Å². The van der Waals surface area contributed by atoms with E-state index in [2.05, 4.69) is 10.3 Å². The van der Waals surface area contributed by atoms with E-state index in [1.165, 1.54) is 0 Å². The predicted octanol–water partition coefficient (Wildman–Crippen LogP) is 2.48. The number of carbonyl (C=O) groups is 2. The van der Waals surface area contributed by atoms with Crippen LogP contribution in [0.4, 0.5) is 0 Å². The largest absolute Gasteiger partial charge is 0.356 e. The Morgan fingerprint density at radius 2 is 2.12 bits per heavy atom. The lowest BCUT2D eigenvalue weighted by molar-refractivity contribution is -0.127. The summed E-state index contributed by atoms with van der Waals surface area (Å²) in [5.74, 6) is 0.213. The third-order valence-electron chi connectivity index (χ3n) is 4.01. The summed E-state index contributed by atoms with van der Waals surface area (Å²) in [5, 5.41) is 5.78. The molecule has 0 bridgehead atoms. The first-order chi connectivity index (χ1) is 11.7. The number of benzene rings is 1. The molecule has 1 saturated heterocycles. The first-order valence-corrected chi connectivity index (χ1v) is 9.14. The SMILES string of the molecule is O=C(Cc1csc(-c2ccccc2)n1)NCCCN1CCCC1=O. The molecule has 126 valence electrons. The van der Waals surface area contributed by atoms with Crippen LogP contribution >= 0.6 is 11.3 Å². The van der Waals surface area contributed by atoms with Crippen LogP contribution in [0.2, 0.25) is 0 Å². The van der Waals surface area contributed by atoms with E-state index in [0.717, 1.165) is 42.2 Å². The average Bonchev–Trinajstić information content (AvgIpc) is 3.22. The molecular formula is C18H21N3O2S. The van der Waals surface area contributed by atoms with Crippen LogP contribution in [0.25, 0.3) is 10.6 Å². The molecular weight excluding hydrogens is 322 g/mol. The van der Waals surface area contributed by atoms with Crippen LogP contribution in [0.1, 0.15) is 25.0 Å². The molecule has 6 heteroatoms. The summed E-state index contributed by atoms with van der Waals surface area (Å²) in [6.45, 7) is 2.18. The number of nitrogens with zero attached hydrogens (tertiary/aromatic N) is 2. The molecule has 5 nitrogen and oxygen atoms in total. The average molecular weight is 343 g/mol. The zero-order valence-corrected chi connectivity index (χ0v) is 14.3. The number of likely N-dealkylation sites (tertiary alicyclic amines) is 1. The normalized spacial score (nSPS) is 14.2. The first kappa shape index (κ1) is 16.6. The van der Waals surface area contributed by atoms with E-state index in [9.17, 15) is 9.59 Å². The molecule has 3 rings (SSSR count). The maximum Gasteiger partial charge on any atom is 0.226 e. The molecule has 2 heterocycles. The smallest absolute Gasteiger partial charge is 0.226 e. The molecule has 2 amide bonds. The number of thiazole rings is 1. The molecule has 1 aromatic heterocycles. The summed E-state index contributed by atoms with van der Waals surface area (Å²) in [6.07, 6.45) is 2.72. The number of rotatable bonds is 7. The lowest BCUT2D eigenvalue weighted by Crippen LogP contribution is -2.31. The molecule has 1 aliphatic rings. The van der Waals surface area contributed by atoms with Gasteiger partial charge < -0.3 is 10.2 Å². The second-order valence-electron chi connectivity index (χ2n) is 5.87.